The van der Waals surface area contributed by atoms with Crippen LogP contribution < -0.4 is 4.74 Å². The zero-order valence-electron chi connectivity index (χ0n) is 13.3. The number of hydrogen-bond acceptors (Lipinski definition) is 4. The Kier molecular flexibility index (Phi) is 6.32. The number of rotatable bonds is 6. The van der Waals surface area contributed by atoms with Gasteiger partial charge in [-0.25, -0.2) is 4.39 Å². The Bertz CT molecular complexity index is 607. The summed E-state index contributed by atoms with van der Waals surface area (Å²) in [6, 6.07) is 5.65. The minimum atomic E-state index is -0.653. The Balaban J connectivity index is 1.72. The summed E-state index contributed by atoms with van der Waals surface area (Å²) in [7, 11) is 0. The second kappa shape index (κ2) is 8.46. The molecular weight excluding hydrogens is 299 g/mol. The normalized spacial score (nSPS) is 14.5. The molecule has 0 aliphatic heterocycles. The van der Waals surface area contributed by atoms with Gasteiger partial charge >= 0.3 is 11.9 Å². The summed E-state index contributed by atoms with van der Waals surface area (Å²) in [5.74, 6) is -1.83. The van der Waals surface area contributed by atoms with Gasteiger partial charge in [-0.3, -0.25) is 9.59 Å². The summed E-state index contributed by atoms with van der Waals surface area (Å²) in [6.07, 6.45) is 4.13. The number of halogens is 1. The lowest BCUT2D eigenvalue weighted by molar-refractivity contribution is -0.146. The summed E-state index contributed by atoms with van der Waals surface area (Å²) < 4.78 is 23.4. The van der Waals surface area contributed by atoms with Crippen molar-refractivity contribution in [3.63, 3.8) is 0 Å². The SMILES string of the molecule is CC1=C(COC(=O)CCC(=O)Oc2ccccc2F)CCCC1. The fourth-order valence-corrected chi connectivity index (χ4v) is 2.46. The van der Waals surface area contributed by atoms with Gasteiger partial charge in [-0.05, 0) is 50.3 Å². The molecule has 1 aliphatic carbocycles. The summed E-state index contributed by atoms with van der Waals surface area (Å²) in [6.45, 7) is 2.36. The third-order valence-electron chi connectivity index (χ3n) is 3.88. The van der Waals surface area contributed by atoms with Crippen LogP contribution in [0.1, 0.15) is 45.4 Å². The summed E-state index contributed by atoms with van der Waals surface area (Å²) in [5, 5.41) is 0. The predicted octanol–water partition coefficient (Wildman–Crippen LogP) is 3.95. The second-order valence-corrected chi connectivity index (χ2v) is 5.66. The maximum atomic E-state index is 13.3. The molecule has 1 aromatic carbocycles. The van der Waals surface area contributed by atoms with Crippen molar-refractivity contribution in [3.8, 4) is 5.75 Å². The van der Waals surface area contributed by atoms with Crippen molar-refractivity contribution in [2.45, 2.75) is 45.4 Å². The highest BCUT2D eigenvalue weighted by Gasteiger charge is 2.14. The van der Waals surface area contributed by atoms with Crippen LogP contribution >= 0.6 is 0 Å². The number of carbonyl (C=O) groups is 2. The standard InChI is InChI=1S/C18H21FO4/c1-13-6-2-3-7-14(13)12-22-17(20)10-11-18(21)23-16-9-5-4-8-15(16)19/h4-5,8-9H,2-3,6-7,10-12H2,1H3. The van der Waals surface area contributed by atoms with Gasteiger partial charge in [0.25, 0.3) is 0 Å². The Morgan fingerprint density at radius 2 is 1.78 bits per heavy atom. The molecule has 0 bridgehead atoms. The minimum Gasteiger partial charge on any atom is -0.461 e. The van der Waals surface area contributed by atoms with E-state index >= 15 is 0 Å². The molecule has 0 fully saturated rings. The Morgan fingerprint density at radius 1 is 1.09 bits per heavy atom. The molecule has 0 spiro atoms. The highest BCUT2D eigenvalue weighted by atomic mass is 19.1. The lowest BCUT2D eigenvalue weighted by Crippen LogP contribution is -2.14. The van der Waals surface area contributed by atoms with Crippen LogP contribution in [-0.4, -0.2) is 18.5 Å². The number of ether oxygens (including phenoxy) is 2. The molecule has 0 amide bonds. The predicted molar refractivity (Wildman–Crippen MR) is 83.4 cm³/mol. The third kappa shape index (κ3) is 5.51. The van der Waals surface area contributed by atoms with Crippen LogP contribution in [0.4, 0.5) is 4.39 Å². The van der Waals surface area contributed by atoms with E-state index in [-0.39, 0.29) is 18.6 Å². The van der Waals surface area contributed by atoms with Crippen LogP contribution in [0.25, 0.3) is 0 Å². The summed E-state index contributed by atoms with van der Waals surface area (Å²) >= 11 is 0. The van der Waals surface area contributed by atoms with Crippen molar-refractivity contribution in [2.75, 3.05) is 6.61 Å². The topological polar surface area (TPSA) is 52.6 Å². The molecule has 1 aromatic rings. The van der Waals surface area contributed by atoms with Crippen LogP contribution in [0, 0.1) is 5.82 Å². The van der Waals surface area contributed by atoms with Crippen LogP contribution in [0.2, 0.25) is 0 Å². The number of hydrogen-bond donors (Lipinski definition) is 0. The van der Waals surface area contributed by atoms with Crippen molar-refractivity contribution in [1.82, 2.24) is 0 Å². The first-order chi connectivity index (χ1) is 11.1. The van der Waals surface area contributed by atoms with Gasteiger partial charge in [0.15, 0.2) is 11.6 Å². The molecule has 1 aliphatic rings. The monoisotopic (exact) mass is 320 g/mol. The molecule has 0 heterocycles. The zero-order valence-corrected chi connectivity index (χ0v) is 13.3. The van der Waals surface area contributed by atoms with Crippen molar-refractivity contribution in [2.24, 2.45) is 0 Å². The quantitative estimate of drug-likeness (QED) is 0.452. The molecule has 0 atom stereocenters. The molecule has 0 aromatic heterocycles. The van der Waals surface area contributed by atoms with Gasteiger partial charge in [0.1, 0.15) is 6.61 Å². The molecule has 4 nitrogen and oxygen atoms in total. The van der Waals surface area contributed by atoms with E-state index in [1.165, 1.54) is 35.8 Å². The highest BCUT2D eigenvalue weighted by Crippen LogP contribution is 2.24. The molecule has 0 unspecified atom stereocenters. The average Bonchev–Trinajstić information content (AvgIpc) is 2.54. The molecule has 0 N–H and O–H groups in total. The van der Waals surface area contributed by atoms with Crippen LogP contribution in [-0.2, 0) is 14.3 Å². The molecule has 23 heavy (non-hydrogen) atoms. The smallest absolute Gasteiger partial charge is 0.311 e. The zero-order chi connectivity index (χ0) is 16.7. The number of allylic oxidation sites excluding steroid dienone is 1. The van der Waals surface area contributed by atoms with Crippen molar-refractivity contribution in [1.29, 1.82) is 0 Å². The number of esters is 2. The van der Waals surface area contributed by atoms with Gasteiger partial charge in [0.05, 0.1) is 12.8 Å². The fraction of sp³-hybridized carbons (Fsp3) is 0.444. The first-order valence-electron chi connectivity index (χ1n) is 7.84. The Hall–Kier alpha value is -2.17. The van der Waals surface area contributed by atoms with E-state index in [2.05, 4.69) is 6.92 Å². The Morgan fingerprint density at radius 3 is 2.52 bits per heavy atom. The van der Waals surface area contributed by atoms with E-state index in [0.29, 0.717) is 6.61 Å². The summed E-state index contributed by atoms with van der Waals surface area (Å²) in [4.78, 5) is 23.3. The van der Waals surface area contributed by atoms with E-state index < -0.39 is 17.8 Å². The van der Waals surface area contributed by atoms with Crippen LogP contribution in [0.5, 0.6) is 5.75 Å². The lowest BCUT2D eigenvalue weighted by Gasteiger charge is -2.17. The molecule has 5 heteroatoms. The molecule has 124 valence electrons. The number of benzene rings is 1. The largest absolute Gasteiger partial charge is 0.461 e. The summed E-state index contributed by atoms with van der Waals surface area (Å²) in [5.41, 5.74) is 2.47. The number of carbonyl (C=O) groups excluding carboxylic acids is 2. The van der Waals surface area contributed by atoms with Crippen molar-refractivity contribution >= 4 is 11.9 Å². The first kappa shape index (κ1) is 17.2. The van der Waals surface area contributed by atoms with E-state index in [1.807, 2.05) is 0 Å². The molecule has 2 rings (SSSR count). The third-order valence-corrected chi connectivity index (χ3v) is 3.88. The van der Waals surface area contributed by atoms with E-state index in [0.717, 1.165) is 19.3 Å². The minimum absolute atomic E-state index is 0.0698. The van der Waals surface area contributed by atoms with Crippen molar-refractivity contribution < 1.29 is 23.5 Å². The molecular formula is C18H21FO4. The molecule has 0 radical (unpaired) electrons. The maximum Gasteiger partial charge on any atom is 0.311 e. The molecule has 0 saturated carbocycles. The van der Waals surface area contributed by atoms with E-state index in [1.54, 1.807) is 6.07 Å². The van der Waals surface area contributed by atoms with Gasteiger partial charge in [-0.2, -0.15) is 0 Å². The Labute approximate surface area is 135 Å². The first-order valence-corrected chi connectivity index (χ1v) is 7.84. The van der Waals surface area contributed by atoms with Crippen LogP contribution in [0.3, 0.4) is 0 Å². The average molecular weight is 320 g/mol. The van der Waals surface area contributed by atoms with Crippen molar-refractivity contribution in [3.05, 3.63) is 41.2 Å². The molecule has 0 saturated heterocycles. The maximum absolute atomic E-state index is 13.3. The fourth-order valence-electron chi connectivity index (χ4n) is 2.46. The van der Waals surface area contributed by atoms with Gasteiger partial charge in [0, 0.05) is 0 Å². The van der Waals surface area contributed by atoms with Gasteiger partial charge in [-0.15, -0.1) is 0 Å². The van der Waals surface area contributed by atoms with E-state index in [4.69, 9.17) is 9.47 Å². The van der Waals surface area contributed by atoms with Gasteiger partial charge in [-0.1, -0.05) is 17.7 Å². The van der Waals surface area contributed by atoms with E-state index in [9.17, 15) is 14.0 Å². The van der Waals surface area contributed by atoms with Gasteiger partial charge in [0.2, 0.25) is 0 Å². The second-order valence-electron chi connectivity index (χ2n) is 5.66. The van der Waals surface area contributed by atoms with Crippen LogP contribution in [0.15, 0.2) is 35.4 Å². The number of para-hydroxylation sites is 1. The highest BCUT2D eigenvalue weighted by molar-refractivity contribution is 5.79. The lowest BCUT2D eigenvalue weighted by atomic mass is 9.93. The van der Waals surface area contributed by atoms with Gasteiger partial charge < -0.3 is 9.47 Å².